The molecule has 1 amide bonds. The number of carbonyl (C=O) groups is 1. The second-order valence-corrected chi connectivity index (χ2v) is 6.78. The summed E-state index contributed by atoms with van der Waals surface area (Å²) < 4.78 is 1.10. The largest absolute Gasteiger partial charge is 0.288 e. The number of hydrogen-bond acceptors (Lipinski definition) is 2. The first-order valence-corrected chi connectivity index (χ1v) is 8.25. The molecule has 0 aromatic heterocycles. The van der Waals surface area contributed by atoms with E-state index in [0.717, 1.165) is 23.7 Å². The predicted molar refractivity (Wildman–Crippen MR) is 89.1 cm³/mol. The highest BCUT2D eigenvalue weighted by molar-refractivity contribution is 9.10. The van der Waals surface area contributed by atoms with E-state index < -0.39 is 5.91 Å². The third-order valence-electron chi connectivity index (χ3n) is 4.34. The number of aryl methyl sites for hydroxylation is 1. The average Bonchev–Trinajstić information content (AvgIpc) is 2.55. The summed E-state index contributed by atoms with van der Waals surface area (Å²) in [6.45, 7) is 0. The Hall–Kier alpha value is -1.65. The molecule has 0 saturated carbocycles. The fourth-order valence-corrected chi connectivity index (χ4v) is 3.43. The fourth-order valence-electron chi connectivity index (χ4n) is 3.17. The third kappa shape index (κ3) is 3.39. The molecule has 0 fully saturated rings. The molecule has 0 radical (unpaired) electrons. The maximum Gasteiger partial charge on any atom is 0.274 e. The van der Waals surface area contributed by atoms with Gasteiger partial charge in [0, 0.05) is 10.0 Å². The van der Waals surface area contributed by atoms with Gasteiger partial charge in [-0.05, 0) is 72.6 Å². The fraction of sp³-hybridized carbons (Fsp3) is 0.278. The number of halogens is 1. The highest BCUT2D eigenvalue weighted by atomic mass is 79.9. The highest BCUT2D eigenvalue weighted by Gasteiger charge is 2.20. The topological polar surface area (TPSA) is 49.3 Å². The lowest BCUT2D eigenvalue weighted by atomic mass is 9.80. The van der Waals surface area contributed by atoms with Gasteiger partial charge in [-0.25, -0.2) is 5.48 Å². The van der Waals surface area contributed by atoms with Crippen LogP contribution in [0.4, 0.5) is 0 Å². The van der Waals surface area contributed by atoms with E-state index in [9.17, 15) is 4.79 Å². The number of benzene rings is 2. The van der Waals surface area contributed by atoms with Gasteiger partial charge in [-0.2, -0.15) is 0 Å². The van der Waals surface area contributed by atoms with Crippen molar-refractivity contribution >= 4 is 21.8 Å². The Morgan fingerprint density at radius 3 is 2.68 bits per heavy atom. The van der Waals surface area contributed by atoms with Gasteiger partial charge in [-0.3, -0.25) is 10.0 Å². The lowest BCUT2D eigenvalue weighted by Crippen LogP contribution is -2.21. The van der Waals surface area contributed by atoms with Gasteiger partial charge in [-0.1, -0.05) is 34.1 Å². The van der Waals surface area contributed by atoms with Crippen molar-refractivity contribution in [1.82, 2.24) is 5.48 Å². The zero-order chi connectivity index (χ0) is 15.5. The van der Waals surface area contributed by atoms with E-state index in [0.29, 0.717) is 11.5 Å². The number of rotatable bonds is 3. The van der Waals surface area contributed by atoms with Gasteiger partial charge in [0.2, 0.25) is 0 Å². The number of amides is 1. The molecule has 3 rings (SSSR count). The summed E-state index contributed by atoms with van der Waals surface area (Å²) in [6, 6.07) is 14.2. The van der Waals surface area contributed by atoms with E-state index >= 15 is 0 Å². The van der Waals surface area contributed by atoms with Crippen molar-refractivity contribution in [3.05, 3.63) is 69.2 Å². The molecule has 0 bridgehead atoms. The van der Waals surface area contributed by atoms with Crippen LogP contribution in [0.25, 0.3) is 0 Å². The number of hydrogen-bond donors (Lipinski definition) is 2. The standard InChI is InChI=1S/C18H18BrNO2/c19-17-7-2-12(3-8-17)9-13-1-4-14-5-6-15(18(21)20-22)11-16(14)10-13/h2-3,5-8,11,13,22H,1,4,9-10H2,(H,20,21). The van der Waals surface area contributed by atoms with E-state index in [4.69, 9.17) is 5.21 Å². The summed E-state index contributed by atoms with van der Waals surface area (Å²) in [5.74, 6) is 0.152. The first-order valence-electron chi connectivity index (χ1n) is 7.46. The monoisotopic (exact) mass is 359 g/mol. The maximum atomic E-state index is 11.5. The zero-order valence-corrected chi connectivity index (χ0v) is 13.8. The van der Waals surface area contributed by atoms with Crippen LogP contribution in [0.3, 0.4) is 0 Å². The van der Waals surface area contributed by atoms with Crippen LogP contribution in [0.15, 0.2) is 46.9 Å². The summed E-state index contributed by atoms with van der Waals surface area (Å²) in [6.07, 6.45) is 4.27. The van der Waals surface area contributed by atoms with Gasteiger partial charge in [0.25, 0.3) is 5.91 Å². The van der Waals surface area contributed by atoms with Crippen molar-refractivity contribution in [3.63, 3.8) is 0 Å². The molecule has 0 spiro atoms. The second-order valence-electron chi connectivity index (χ2n) is 5.86. The molecule has 114 valence electrons. The smallest absolute Gasteiger partial charge is 0.274 e. The minimum absolute atomic E-state index is 0.446. The van der Waals surface area contributed by atoms with Crippen LogP contribution in [-0.2, 0) is 19.3 Å². The van der Waals surface area contributed by atoms with Crippen LogP contribution < -0.4 is 5.48 Å². The Morgan fingerprint density at radius 2 is 1.95 bits per heavy atom. The molecule has 3 nitrogen and oxygen atoms in total. The van der Waals surface area contributed by atoms with Crippen molar-refractivity contribution in [3.8, 4) is 0 Å². The Labute approximate surface area is 138 Å². The molecule has 0 saturated heterocycles. The average molecular weight is 360 g/mol. The second kappa shape index (κ2) is 6.63. The van der Waals surface area contributed by atoms with Crippen molar-refractivity contribution in [2.45, 2.75) is 25.7 Å². The first kappa shape index (κ1) is 15.3. The quantitative estimate of drug-likeness (QED) is 0.644. The molecule has 1 aliphatic rings. The normalized spacial score (nSPS) is 16.9. The molecule has 2 aromatic carbocycles. The van der Waals surface area contributed by atoms with Crippen molar-refractivity contribution < 1.29 is 10.0 Å². The number of nitrogens with one attached hydrogen (secondary N) is 1. The highest BCUT2D eigenvalue weighted by Crippen LogP contribution is 2.29. The lowest BCUT2D eigenvalue weighted by Gasteiger charge is -2.25. The Balaban J connectivity index is 1.74. The van der Waals surface area contributed by atoms with Gasteiger partial charge in [0.15, 0.2) is 0 Å². The van der Waals surface area contributed by atoms with Crippen LogP contribution in [-0.4, -0.2) is 11.1 Å². The molecular weight excluding hydrogens is 342 g/mol. The molecule has 2 aromatic rings. The van der Waals surface area contributed by atoms with Crippen LogP contribution in [0.1, 0.15) is 33.5 Å². The molecule has 4 heteroatoms. The van der Waals surface area contributed by atoms with E-state index in [1.807, 2.05) is 12.1 Å². The van der Waals surface area contributed by atoms with Gasteiger partial charge in [-0.15, -0.1) is 0 Å². The van der Waals surface area contributed by atoms with Gasteiger partial charge in [0.1, 0.15) is 0 Å². The van der Waals surface area contributed by atoms with Gasteiger partial charge in [0.05, 0.1) is 0 Å². The third-order valence-corrected chi connectivity index (χ3v) is 4.87. The maximum absolute atomic E-state index is 11.5. The summed E-state index contributed by atoms with van der Waals surface area (Å²) in [5.41, 5.74) is 6.12. The molecule has 1 aliphatic carbocycles. The summed E-state index contributed by atoms with van der Waals surface area (Å²) in [5, 5.41) is 8.76. The molecule has 22 heavy (non-hydrogen) atoms. The van der Waals surface area contributed by atoms with Gasteiger partial charge >= 0.3 is 0 Å². The molecule has 1 unspecified atom stereocenters. The van der Waals surface area contributed by atoms with Crippen molar-refractivity contribution in [1.29, 1.82) is 0 Å². The molecular formula is C18H18BrNO2. The van der Waals surface area contributed by atoms with E-state index in [-0.39, 0.29) is 0 Å². The zero-order valence-electron chi connectivity index (χ0n) is 12.2. The van der Waals surface area contributed by atoms with Gasteiger partial charge < -0.3 is 0 Å². The summed E-state index contributed by atoms with van der Waals surface area (Å²) >= 11 is 3.46. The molecule has 2 N–H and O–H groups in total. The Bertz CT molecular complexity index is 682. The van der Waals surface area contributed by atoms with E-state index in [1.165, 1.54) is 23.1 Å². The van der Waals surface area contributed by atoms with E-state index in [1.54, 1.807) is 11.5 Å². The number of fused-ring (bicyclic) bond motifs is 1. The minimum atomic E-state index is -0.446. The molecule has 0 aliphatic heterocycles. The van der Waals surface area contributed by atoms with Crippen molar-refractivity contribution in [2.75, 3.05) is 0 Å². The molecule has 0 heterocycles. The minimum Gasteiger partial charge on any atom is -0.288 e. The van der Waals surface area contributed by atoms with Crippen LogP contribution in [0.5, 0.6) is 0 Å². The summed E-state index contributed by atoms with van der Waals surface area (Å²) in [4.78, 5) is 11.5. The van der Waals surface area contributed by atoms with Crippen LogP contribution in [0.2, 0.25) is 0 Å². The van der Waals surface area contributed by atoms with Crippen LogP contribution >= 0.6 is 15.9 Å². The van der Waals surface area contributed by atoms with Crippen molar-refractivity contribution in [2.24, 2.45) is 5.92 Å². The lowest BCUT2D eigenvalue weighted by molar-refractivity contribution is 0.0706. The van der Waals surface area contributed by atoms with E-state index in [2.05, 4.69) is 40.2 Å². The Kier molecular flexibility index (Phi) is 4.60. The SMILES string of the molecule is O=C(NO)c1ccc2c(c1)CC(Cc1ccc(Br)cc1)CC2. The first-order chi connectivity index (χ1) is 10.7. The van der Waals surface area contributed by atoms with Crippen LogP contribution in [0, 0.1) is 5.92 Å². The summed E-state index contributed by atoms with van der Waals surface area (Å²) in [7, 11) is 0. The molecule has 1 atom stereocenters. The predicted octanol–water partition coefficient (Wildman–Crippen LogP) is 3.92. The number of hydroxylamine groups is 1. The number of carbonyl (C=O) groups excluding carboxylic acids is 1. The Morgan fingerprint density at radius 1 is 1.18 bits per heavy atom.